The number of nitrogens with zero attached hydrogens (tertiary/aromatic N) is 1. The second kappa shape index (κ2) is 14.2. The predicted octanol–water partition coefficient (Wildman–Crippen LogP) is 5.31. The van der Waals surface area contributed by atoms with Crippen LogP contribution in [-0.2, 0) is 14.4 Å². The first kappa shape index (κ1) is 28.7. The lowest BCUT2D eigenvalue weighted by molar-refractivity contribution is -0.136. The van der Waals surface area contributed by atoms with E-state index in [-0.39, 0.29) is 12.5 Å². The van der Waals surface area contributed by atoms with E-state index in [9.17, 15) is 14.4 Å². The van der Waals surface area contributed by atoms with Crippen LogP contribution in [-0.4, -0.2) is 37.1 Å². The molecule has 3 aromatic rings. The third kappa shape index (κ3) is 8.89. The Labute approximate surface area is 233 Å². The molecular weight excluding hydrogens is 576 g/mol. The lowest BCUT2D eigenvalue weighted by atomic mass is 10.2. The van der Waals surface area contributed by atoms with Crippen LogP contribution in [0.3, 0.4) is 0 Å². The number of carbonyl (C=O) groups excluding carboxylic acids is 3. The number of amides is 3. The molecular formula is C27H26BrClN4O5. The number of hydrogen-bond donors (Lipinski definition) is 3. The number of aryl methyl sites for hydroxylation is 1. The molecule has 0 spiro atoms. The van der Waals surface area contributed by atoms with E-state index in [2.05, 4.69) is 37.1 Å². The molecule has 0 aliphatic heterocycles. The van der Waals surface area contributed by atoms with Crippen LogP contribution in [0.5, 0.6) is 11.5 Å². The fraction of sp³-hybridized carbons (Fsp3) is 0.185. The van der Waals surface area contributed by atoms with Crippen molar-refractivity contribution in [3.63, 3.8) is 0 Å². The van der Waals surface area contributed by atoms with Crippen molar-refractivity contribution in [1.82, 2.24) is 5.43 Å². The summed E-state index contributed by atoms with van der Waals surface area (Å²) >= 11 is 9.46. The fourth-order valence-electron chi connectivity index (χ4n) is 3.10. The molecule has 0 unspecified atom stereocenters. The lowest BCUT2D eigenvalue weighted by Crippen LogP contribution is -2.32. The number of hydrazone groups is 1. The molecule has 0 atom stereocenters. The van der Waals surface area contributed by atoms with E-state index in [1.807, 2.05) is 26.0 Å². The van der Waals surface area contributed by atoms with E-state index in [0.29, 0.717) is 40.1 Å². The molecule has 0 saturated carbocycles. The van der Waals surface area contributed by atoms with Gasteiger partial charge >= 0.3 is 11.8 Å². The minimum absolute atomic E-state index is 0.269. The quantitative estimate of drug-likeness (QED) is 0.165. The van der Waals surface area contributed by atoms with Crippen LogP contribution >= 0.6 is 27.5 Å². The first-order valence-corrected chi connectivity index (χ1v) is 12.8. The molecule has 11 heteroatoms. The minimum Gasteiger partial charge on any atom is -0.494 e. The van der Waals surface area contributed by atoms with Gasteiger partial charge in [0.1, 0.15) is 11.5 Å². The summed E-state index contributed by atoms with van der Waals surface area (Å²) in [4.78, 5) is 36.7. The number of halogens is 2. The van der Waals surface area contributed by atoms with Crippen molar-refractivity contribution in [2.45, 2.75) is 20.3 Å². The highest BCUT2D eigenvalue weighted by atomic mass is 79.9. The van der Waals surface area contributed by atoms with E-state index in [0.717, 1.165) is 16.5 Å². The normalized spacial score (nSPS) is 10.6. The third-order valence-corrected chi connectivity index (χ3v) is 5.68. The number of anilines is 2. The van der Waals surface area contributed by atoms with Crippen molar-refractivity contribution >= 4 is 62.8 Å². The Morgan fingerprint density at radius 1 is 0.974 bits per heavy atom. The van der Waals surface area contributed by atoms with Crippen molar-refractivity contribution in [1.29, 1.82) is 0 Å². The average molecular weight is 602 g/mol. The highest BCUT2D eigenvalue weighted by Crippen LogP contribution is 2.23. The number of benzene rings is 3. The zero-order chi connectivity index (χ0) is 27.5. The van der Waals surface area contributed by atoms with Gasteiger partial charge in [0.05, 0.1) is 12.8 Å². The summed E-state index contributed by atoms with van der Waals surface area (Å²) in [7, 11) is 0. The summed E-state index contributed by atoms with van der Waals surface area (Å²) in [5.74, 6) is -1.25. The van der Waals surface area contributed by atoms with Crippen molar-refractivity contribution < 1.29 is 23.9 Å². The summed E-state index contributed by atoms with van der Waals surface area (Å²) in [5.41, 5.74) is 4.55. The van der Waals surface area contributed by atoms with Crippen LogP contribution in [0.1, 0.15) is 24.5 Å². The van der Waals surface area contributed by atoms with Gasteiger partial charge in [-0.2, -0.15) is 5.10 Å². The van der Waals surface area contributed by atoms with Gasteiger partial charge in [-0.05, 0) is 79.6 Å². The molecule has 3 aromatic carbocycles. The topological polar surface area (TPSA) is 118 Å². The number of rotatable bonds is 10. The van der Waals surface area contributed by atoms with Gasteiger partial charge in [0, 0.05) is 26.4 Å². The first-order valence-electron chi connectivity index (χ1n) is 11.6. The Morgan fingerprint density at radius 3 is 2.45 bits per heavy atom. The summed E-state index contributed by atoms with van der Waals surface area (Å²) in [6, 6.07) is 16.9. The van der Waals surface area contributed by atoms with Gasteiger partial charge in [0.15, 0.2) is 6.61 Å². The standard InChI is InChI=1S/C27H26BrClN4O5/c1-3-12-37-22-8-6-21(7-9-22)31-26(35)27(36)33-30-15-18-14-20(29)5-11-24(18)38-16-25(34)32-23-10-4-19(28)13-17(23)2/h4-11,13-15H,3,12,16H2,1-2H3,(H,31,35)(H,32,34)(H,33,36)/b30-15-. The molecule has 198 valence electrons. The minimum atomic E-state index is -0.971. The van der Waals surface area contributed by atoms with Gasteiger partial charge in [-0.15, -0.1) is 0 Å². The molecule has 0 radical (unpaired) electrons. The molecule has 0 bridgehead atoms. The number of hydrogen-bond acceptors (Lipinski definition) is 6. The molecule has 3 rings (SSSR count). The van der Waals surface area contributed by atoms with Crippen molar-refractivity contribution in [2.24, 2.45) is 5.10 Å². The predicted molar refractivity (Wildman–Crippen MR) is 151 cm³/mol. The molecule has 0 aromatic heterocycles. The Kier molecular flexibility index (Phi) is 10.7. The second-order valence-corrected chi connectivity index (χ2v) is 9.36. The molecule has 3 N–H and O–H groups in total. The largest absolute Gasteiger partial charge is 0.494 e. The lowest BCUT2D eigenvalue weighted by Gasteiger charge is -2.11. The van der Waals surface area contributed by atoms with E-state index >= 15 is 0 Å². The van der Waals surface area contributed by atoms with Crippen LogP contribution in [0.15, 0.2) is 70.2 Å². The molecule has 38 heavy (non-hydrogen) atoms. The maximum atomic E-state index is 12.4. The first-order chi connectivity index (χ1) is 18.2. The molecule has 0 heterocycles. The van der Waals surface area contributed by atoms with Gasteiger partial charge in [0.2, 0.25) is 0 Å². The van der Waals surface area contributed by atoms with Crippen LogP contribution < -0.4 is 25.5 Å². The number of ether oxygens (including phenoxy) is 2. The SMILES string of the molecule is CCCOc1ccc(NC(=O)C(=O)N/N=C\c2cc(Cl)ccc2OCC(=O)Nc2ccc(Br)cc2C)cc1. The van der Waals surface area contributed by atoms with Crippen molar-refractivity contribution in [3.8, 4) is 11.5 Å². The van der Waals surface area contributed by atoms with E-state index in [4.69, 9.17) is 21.1 Å². The van der Waals surface area contributed by atoms with Gasteiger partial charge in [-0.1, -0.05) is 34.5 Å². The monoisotopic (exact) mass is 600 g/mol. The summed E-state index contributed by atoms with van der Waals surface area (Å²) < 4.78 is 12.0. The van der Waals surface area contributed by atoms with Crippen LogP contribution in [0.25, 0.3) is 0 Å². The molecule has 0 fully saturated rings. The summed E-state index contributed by atoms with van der Waals surface area (Å²) in [5, 5.41) is 9.48. The van der Waals surface area contributed by atoms with E-state index < -0.39 is 11.8 Å². The maximum absolute atomic E-state index is 12.4. The Hall–Kier alpha value is -3.89. The maximum Gasteiger partial charge on any atom is 0.329 e. The van der Waals surface area contributed by atoms with Crippen LogP contribution in [0.4, 0.5) is 11.4 Å². The summed E-state index contributed by atoms with van der Waals surface area (Å²) in [6.45, 7) is 4.20. The molecule has 3 amide bonds. The zero-order valence-corrected chi connectivity index (χ0v) is 23.1. The van der Waals surface area contributed by atoms with Gasteiger partial charge in [-0.3, -0.25) is 14.4 Å². The van der Waals surface area contributed by atoms with Gasteiger partial charge in [0.25, 0.3) is 5.91 Å². The molecule has 9 nitrogen and oxygen atoms in total. The smallest absolute Gasteiger partial charge is 0.329 e. The Balaban J connectivity index is 1.54. The van der Waals surface area contributed by atoms with Crippen LogP contribution in [0, 0.1) is 6.92 Å². The highest BCUT2D eigenvalue weighted by molar-refractivity contribution is 9.10. The number of nitrogens with one attached hydrogen (secondary N) is 3. The zero-order valence-electron chi connectivity index (χ0n) is 20.7. The summed E-state index contributed by atoms with van der Waals surface area (Å²) in [6.07, 6.45) is 2.15. The van der Waals surface area contributed by atoms with Crippen molar-refractivity contribution in [2.75, 3.05) is 23.8 Å². The fourth-order valence-corrected chi connectivity index (χ4v) is 3.76. The van der Waals surface area contributed by atoms with Crippen LogP contribution in [0.2, 0.25) is 5.02 Å². The molecule has 0 saturated heterocycles. The van der Waals surface area contributed by atoms with E-state index in [1.54, 1.807) is 48.5 Å². The average Bonchev–Trinajstić information content (AvgIpc) is 2.89. The van der Waals surface area contributed by atoms with E-state index in [1.165, 1.54) is 6.21 Å². The highest BCUT2D eigenvalue weighted by Gasteiger charge is 2.13. The van der Waals surface area contributed by atoms with Crippen molar-refractivity contribution in [3.05, 3.63) is 81.3 Å². The second-order valence-electron chi connectivity index (χ2n) is 8.00. The number of carbonyl (C=O) groups is 3. The third-order valence-electron chi connectivity index (χ3n) is 4.95. The molecule has 0 aliphatic carbocycles. The Bertz CT molecular complexity index is 1330. The Morgan fingerprint density at radius 2 is 1.74 bits per heavy atom. The van der Waals surface area contributed by atoms with Gasteiger partial charge in [-0.25, -0.2) is 5.43 Å². The van der Waals surface area contributed by atoms with Gasteiger partial charge < -0.3 is 20.1 Å². The molecule has 0 aliphatic rings.